The Hall–Kier alpha value is -1.31. The van der Waals surface area contributed by atoms with Crippen LogP contribution in [0.4, 0.5) is 0 Å². The molecule has 0 saturated carbocycles. The fraction of sp³-hybridized carbons (Fsp3) is 0. The normalized spacial score (nSPS) is 10.1. The Balaban J connectivity index is 0.00000147. The number of benzene rings is 3. The number of hydrogen-bond acceptors (Lipinski definition) is 0. The van der Waals surface area contributed by atoms with Crippen molar-refractivity contribution in [3.05, 3.63) is 91.0 Å². The van der Waals surface area contributed by atoms with E-state index in [1.165, 1.54) is 15.9 Å². The molecule has 3 aromatic rings. The molecule has 0 heterocycles. The van der Waals surface area contributed by atoms with Crippen molar-refractivity contribution in [2.24, 2.45) is 0 Å². The van der Waals surface area contributed by atoms with Crippen molar-refractivity contribution >= 4 is 42.7 Å². The van der Waals surface area contributed by atoms with Gasteiger partial charge in [-0.15, -0.1) is 0 Å². The first kappa shape index (κ1) is 15.1. The van der Waals surface area contributed by atoms with E-state index in [2.05, 4.69) is 91.0 Å². The molecule has 20 heavy (non-hydrogen) atoms. The number of rotatable bonds is 3. The molecular weight excluding hydrogens is 254 g/mol. The summed E-state index contributed by atoms with van der Waals surface area (Å²) in [6.45, 7) is 0. The zero-order chi connectivity index (χ0) is 12.9. The molecule has 0 N–H and O–H groups in total. The van der Waals surface area contributed by atoms with Gasteiger partial charge >= 0.3 is 0 Å². The molecule has 0 amide bonds. The predicted molar refractivity (Wildman–Crippen MR) is 90.9 cm³/mol. The van der Waals surface area contributed by atoms with E-state index in [1.807, 2.05) is 0 Å². The standard InChI is InChI=1S/C18H15P.Li/c1-4-10-16(11-5-1)19(17-12-6-2-7-13-17)18-14-8-3-9-15-18;/h1-15H;. The summed E-state index contributed by atoms with van der Waals surface area (Å²) in [7, 11) is -0.446. The maximum absolute atomic E-state index is 2.23. The molecule has 1 radical (unpaired) electrons. The van der Waals surface area contributed by atoms with E-state index in [4.69, 9.17) is 0 Å². The predicted octanol–water partition coefficient (Wildman–Crippen LogP) is 3.06. The maximum Gasteiger partial charge on any atom is 0 e. The average Bonchev–Trinajstić information content (AvgIpc) is 2.51. The molecule has 0 fully saturated rings. The van der Waals surface area contributed by atoms with Gasteiger partial charge in [-0.25, -0.2) is 0 Å². The summed E-state index contributed by atoms with van der Waals surface area (Å²) in [6, 6.07) is 32.3. The van der Waals surface area contributed by atoms with Crippen LogP contribution in [0.1, 0.15) is 0 Å². The summed E-state index contributed by atoms with van der Waals surface area (Å²) in [4.78, 5) is 0. The first-order valence-electron chi connectivity index (χ1n) is 6.40. The zero-order valence-corrected chi connectivity index (χ0v) is 12.5. The van der Waals surface area contributed by atoms with Crippen LogP contribution in [0.2, 0.25) is 0 Å². The quantitative estimate of drug-likeness (QED) is 0.506. The van der Waals surface area contributed by atoms with Crippen molar-refractivity contribution < 1.29 is 0 Å². The Morgan fingerprint density at radius 1 is 0.400 bits per heavy atom. The Morgan fingerprint density at radius 2 is 0.650 bits per heavy atom. The second-order valence-electron chi connectivity index (χ2n) is 4.34. The summed E-state index contributed by atoms with van der Waals surface area (Å²) in [5.74, 6) is 0. The largest absolute Gasteiger partial charge is 0.0622 e. The van der Waals surface area contributed by atoms with Gasteiger partial charge in [0.1, 0.15) is 0 Å². The molecule has 0 saturated heterocycles. The monoisotopic (exact) mass is 269 g/mol. The molecule has 0 bridgehead atoms. The third-order valence-electron chi connectivity index (χ3n) is 3.04. The van der Waals surface area contributed by atoms with E-state index >= 15 is 0 Å². The molecule has 0 atom stereocenters. The van der Waals surface area contributed by atoms with Crippen LogP contribution >= 0.6 is 7.92 Å². The van der Waals surface area contributed by atoms with Crippen molar-refractivity contribution in [1.29, 1.82) is 0 Å². The van der Waals surface area contributed by atoms with Gasteiger partial charge in [-0.1, -0.05) is 91.0 Å². The van der Waals surface area contributed by atoms with Crippen molar-refractivity contribution in [2.45, 2.75) is 0 Å². The zero-order valence-electron chi connectivity index (χ0n) is 11.6. The SMILES string of the molecule is [Li].c1ccc(P(c2ccccc2)c2ccccc2)cc1. The van der Waals surface area contributed by atoms with Crippen molar-refractivity contribution in [3.8, 4) is 0 Å². The molecule has 0 aromatic heterocycles. The van der Waals surface area contributed by atoms with Crippen molar-refractivity contribution in [2.75, 3.05) is 0 Å². The minimum atomic E-state index is -0.446. The third-order valence-corrected chi connectivity index (χ3v) is 5.49. The Bertz CT molecular complexity index is 529. The van der Waals surface area contributed by atoms with Crippen LogP contribution in [0, 0.1) is 0 Å². The summed E-state index contributed by atoms with van der Waals surface area (Å²) < 4.78 is 0. The van der Waals surface area contributed by atoms with Gasteiger partial charge in [0.25, 0.3) is 0 Å². The molecule has 3 rings (SSSR count). The van der Waals surface area contributed by atoms with Crippen LogP contribution in [0.5, 0.6) is 0 Å². The smallest absolute Gasteiger partial charge is 0 e. The van der Waals surface area contributed by atoms with E-state index in [0.29, 0.717) is 0 Å². The number of hydrogen-bond donors (Lipinski definition) is 0. The molecule has 3 aromatic carbocycles. The average molecular weight is 269 g/mol. The molecule has 0 spiro atoms. The Labute approximate surface area is 133 Å². The Morgan fingerprint density at radius 3 is 0.900 bits per heavy atom. The van der Waals surface area contributed by atoms with Crippen LogP contribution in [0.25, 0.3) is 0 Å². The molecule has 0 aliphatic heterocycles. The molecule has 0 nitrogen and oxygen atoms in total. The topological polar surface area (TPSA) is 0 Å². The van der Waals surface area contributed by atoms with Gasteiger partial charge in [0.05, 0.1) is 0 Å². The minimum Gasteiger partial charge on any atom is -0.0622 e. The van der Waals surface area contributed by atoms with Crippen LogP contribution < -0.4 is 15.9 Å². The summed E-state index contributed by atoms with van der Waals surface area (Å²) in [5.41, 5.74) is 0. The van der Waals surface area contributed by atoms with Gasteiger partial charge < -0.3 is 0 Å². The van der Waals surface area contributed by atoms with Crippen LogP contribution in [0.15, 0.2) is 91.0 Å². The summed E-state index contributed by atoms with van der Waals surface area (Å²) >= 11 is 0. The molecule has 2 heteroatoms. The molecular formula is C18H15LiP. The molecule has 0 aliphatic carbocycles. The first-order valence-corrected chi connectivity index (χ1v) is 7.74. The van der Waals surface area contributed by atoms with Crippen LogP contribution in [-0.4, -0.2) is 18.9 Å². The molecule has 0 aliphatic rings. The van der Waals surface area contributed by atoms with Crippen LogP contribution in [-0.2, 0) is 0 Å². The fourth-order valence-corrected chi connectivity index (χ4v) is 4.48. The van der Waals surface area contributed by atoms with Gasteiger partial charge in [0.15, 0.2) is 0 Å². The fourth-order valence-electron chi connectivity index (χ4n) is 2.18. The van der Waals surface area contributed by atoms with E-state index in [-0.39, 0.29) is 18.9 Å². The first-order chi connectivity index (χ1) is 9.45. The van der Waals surface area contributed by atoms with Gasteiger partial charge in [-0.3, -0.25) is 0 Å². The van der Waals surface area contributed by atoms with E-state index in [0.717, 1.165) is 0 Å². The van der Waals surface area contributed by atoms with Gasteiger partial charge in [0, 0.05) is 18.9 Å². The van der Waals surface area contributed by atoms with E-state index in [1.54, 1.807) is 0 Å². The molecule has 93 valence electrons. The second-order valence-corrected chi connectivity index (χ2v) is 6.56. The van der Waals surface area contributed by atoms with Gasteiger partial charge in [0.2, 0.25) is 0 Å². The second kappa shape index (κ2) is 7.46. The summed E-state index contributed by atoms with van der Waals surface area (Å²) in [5, 5.41) is 4.19. The minimum absolute atomic E-state index is 0. The summed E-state index contributed by atoms with van der Waals surface area (Å²) in [6.07, 6.45) is 0. The maximum atomic E-state index is 2.23. The van der Waals surface area contributed by atoms with E-state index in [9.17, 15) is 0 Å². The molecule has 0 unspecified atom stereocenters. The van der Waals surface area contributed by atoms with Crippen molar-refractivity contribution in [3.63, 3.8) is 0 Å². The van der Waals surface area contributed by atoms with Gasteiger partial charge in [-0.05, 0) is 23.8 Å². The van der Waals surface area contributed by atoms with Gasteiger partial charge in [-0.2, -0.15) is 0 Å². The van der Waals surface area contributed by atoms with Crippen LogP contribution in [0.3, 0.4) is 0 Å². The van der Waals surface area contributed by atoms with Crippen molar-refractivity contribution in [1.82, 2.24) is 0 Å². The van der Waals surface area contributed by atoms with E-state index < -0.39 is 7.92 Å². The Kier molecular flexibility index (Phi) is 5.63. The third kappa shape index (κ3) is 3.41.